The quantitative estimate of drug-likeness (QED) is 0.798. The predicted octanol–water partition coefficient (Wildman–Crippen LogP) is 3.42. The van der Waals surface area contributed by atoms with Gasteiger partial charge < -0.3 is 9.88 Å². The molecule has 2 heteroatoms. The molecule has 1 aliphatic carbocycles. The van der Waals surface area contributed by atoms with Crippen molar-refractivity contribution >= 4 is 0 Å². The Bertz CT molecular complexity index is 329. The summed E-state index contributed by atoms with van der Waals surface area (Å²) in [5.74, 6) is 1.87. The van der Waals surface area contributed by atoms with Gasteiger partial charge in [-0.3, -0.25) is 0 Å². The van der Waals surface area contributed by atoms with E-state index in [1.165, 1.54) is 37.8 Å². The van der Waals surface area contributed by atoms with Crippen LogP contribution < -0.4 is 5.32 Å². The minimum atomic E-state index is 0.919. The van der Waals surface area contributed by atoms with E-state index in [1.807, 2.05) is 0 Å². The van der Waals surface area contributed by atoms with E-state index < -0.39 is 0 Å². The molecule has 0 aliphatic heterocycles. The van der Waals surface area contributed by atoms with Crippen LogP contribution >= 0.6 is 0 Å². The zero-order valence-corrected chi connectivity index (χ0v) is 11.3. The van der Waals surface area contributed by atoms with Crippen LogP contribution in [0.25, 0.3) is 0 Å². The minimum Gasteiger partial charge on any atom is -0.354 e. The molecule has 96 valence electrons. The van der Waals surface area contributed by atoms with Crippen molar-refractivity contribution < 1.29 is 0 Å². The first-order valence-corrected chi connectivity index (χ1v) is 7.13. The molecule has 2 nitrogen and oxygen atoms in total. The molecule has 2 unspecified atom stereocenters. The highest BCUT2D eigenvalue weighted by molar-refractivity contribution is 5.09. The van der Waals surface area contributed by atoms with E-state index in [-0.39, 0.29) is 0 Å². The molecule has 0 amide bonds. The van der Waals surface area contributed by atoms with Gasteiger partial charge in [-0.05, 0) is 49.3 Å². The van der Waals surface area contributed by atoms with Crippen molar-refractivity contribution in [2.75, 3.05) is 6.54 Å². The summed E-state index contributed by atoms with van der Waals surface area (Å²) in [6.45, 7) is 7.97. The van der Waals surface area contributed by atoms with Crippen molar-refractivity contribution in [2.45, 2.75) is 52.6 Å². The van der Waals surface area contributed by atoms with E-state index in [0.717, 1.165) is 24.9 Å². The molecule has 1 aliphatic rings. The Balaban J connectivity index is 1.67. The van der Waals surface area contributed by atoms with Crippen molar-refractivity contribution in [1.82, 2.24) is 9.88 Å². The Hall–Kier alpha value is -0.760. The van der Waals surface area contributed by atoms with Gasteiger partial charge >= 0.3 is 0 Å². The molecule has 2 atom stereocenters. The van der Waals surface area contributed by atoms with Gasteiger partial charge in [-0.1, -0.05) is 20.3 Å². The molecular formula is C15H26N2. The number of nitrogens with one attached hydrogen (secondary N) is 1. The van der Waals surface area contributed by atoms with Crippen LogP contribution in [-0.4, -0.2) is 11.1 Å². The summed E-state index contributed by atoms with van der Waals surface area (Å²) in [6.07, 6.45) is 9.95. The minimum absolute atomic E-state index is 0.919. The Morgan fingerprint density at radius 3 is 3.00 bits per heavy atom. The van der Waals surface area contributed by atoms with Gasteiger partial charge in [0.2, 0.25) is 0 Å². The van der Waals surface area contributed by atoms with Crippen molar-refractivity contribution in [3.05, 3.63) is 24.0 Å². The van der Waals surface area contributed by atoms with E-state index in [2.05, 4.69) is 42.2 Å². The third-order valence-corrected chi connectivity index (χ3v) is 3.86. The molecular weight excluding hydrogens is 208 g/mol. The highest BCUT2D eigenvalue weighted by atomic mass is 14.9. The molecule has 0 spiro atoms. The van der Waals surface area contributed by atoms with Gasteiger partial charge in [-0.25, -0.2) is 0 Å². The third kappa shape index (κ3) is 3.88. The molecule has 0 radical (unpaired) electrons. The first-order chi connectivity index (χ1) is 8.28. The van der Waals surface area contributed by atoms with Gasteiger partial charge in [0.25, 0.3) is 0 Å². The highest BCUT2D eigenvalue weighted by Gasteiger charge is 2.20. The fourth-order valence-electron chi connectivity index (χ4n) is 2.92. The summed E-state index contributed by atoms with van der Waals surface area (Å²) in [5.41, 5.74) is 1.42. The first kappa shape index (κ1) is 12.7. The Morgan fingerprint density at radius 1 is 1.41 bits per heavy atom. The van der Waals surface area contributed by atoms with Crippen LogP contribution in [0.1, 0.15) is 45.1 Å². The lowest BCUT2D eigenvalue weighted by atomic mass is 10.1. The van der Waals surface area contributed by atoms with E-state index >= 15 is 0 Å². The van der Waals surface area contributed by atoms with E-state index in [4.69, 9.17) is 0 Å². The third-order valence-electron chi connectivity index (χ3n) is 3.86. The average molecular weight is 234 g/mol. The predicted molar refractivity (Wildman–Crippen MR) is 72.9 cm³/mol. The molecule has 17 heavy (non-hydrogen) atoms. The molecule has 1 saturated carbocycles. The van der Waals surface area contributed by atoms with Crippen molar-refractivity contribution in [1.29, 1.82) is 0 Å². The zero-order valence-electron chi connectivity index (χ0n) is 11.3. The highest BCUT2D eigenvalue weighted by Crippen LogP contribution is 2.29. The van der Waals surface area contributed by atoms with Gasteiger partial charge in [0.05, 0.1) is 0 Å². The van der Waals surface area contributed by atoms with Gasteiger partial charge in [0.1, 0.15) is 0 Å². The van der Waals surface area contributed by atoms with Crippen LogP contribution in [0.15, 0.2) is 18.5 Å². The fourth-order valence-corrected chi connectivity index (χ4v) is 2.92. The summed E-state index contributed by atoms with van der Waals surface area (Å²) < 4.78 is 2.29. The smallest absolute Gasteiger partial charge is 0.0220 e. The van der Waals surface area contributed by atoms with Crippen molar-refractivity contribution in [3.8, 4) is 0 Å². The summed E-state index contributed by atoms with van der Waals surface area (Å²) in [6, 6.07) is 2.24. The molecule has 1 heterocycles. The maximum atomic E-state index is 3.61. The van der Waals surface area contributed by atoms with Crippen LogP contribution in [0.5, 0.6) is 0 Å². The molecule has 0 saturated heterocycles. The molecule has 0 aromatic carbocycles. The second-order valence-electron chi connectivity index (χ2n) is 5.67. The average Bonchev–Trinajstić information content (AvgIpc) is 2.89. The summed E-state index contributed by atoms with van der Waals surface area (Å²) in [7, 11) is 0. The van der Waals surface area contributed by atoms with Gasteiger partial charge in [-0.2, -0.15) is 0 Å². The van der Waals surface area contributed by atoms with Crippen molar-refractivity contribution in [2.24, 2.45) is 11.8 Å². The van der Waals surface area contributed by atoms with Crippen molar-refractivity contribution in [3.63, 3.8) is 0 Å². The van der Waals surface area contributed by atoms with Gasteiger partial charge in [0, 0.05) is 25.5 Å². The molecule has 1 aromatic rings. The lowest BCUT2D eigenvalue weighted by molar-refractivity contribution is 0.470. The van der Waals surface area contributed by atoms with E-state index in [1.54, 1.807) is 0 Å². The monoisotopic (exact) mass is 234 g/mol. The van der Waals surface area contributed by atoms with Gasteiger partial charge in [-0.15, -0.1) is 0 Å². The number of hydrogen-bond acceptors (Lipinski definition) is 1. The number of aryl methyl sites for hydroxylation is 1. The normalized spacial score (nSPS) is 24.4. The largest absolute Gasteiger partial charge is 0.354 e. The number of aromatic nitrogens is 1. The molecule has 1 N–H and O–H groups in total. The Labute approximate surface area is 105 Å². The van der Waals surface area contributed by atoms with Crippen LogP contribution in [-0.2, 0) is 13.1 Å². The number of nitrogens with zero attached hydrogens (tertiary/aromatic N) is 1. The van der Waals surface area contributed by atoms with Crippen LogP contribution in [0.2, 0.25) is 0 Å². The maximum absolute atomic E-state index is 3.61. The maximum Gasteiger partial charge on any atom is 0.0220 e. The van der Waals surface area contributed by atoms with Crippen LogP contribution in [0, 0.1) is 11.8 Å². The number of rotatable bonds is 6. The molecule has 1 fully saturated rings. The van der Waals surface area contributed by atoms with E-state index in [9.17, 15) is 0 Å². The Morgan fingerprint density at radius 2 is 2.29 bits per heavy atom. The van der Waals surface area contributed by atoms with E-state index in [0.29, 0.717) is 0 Å². The zero-order chi connectivity index (χ0) is 12.1. The lowest BCUT2D eigenvalue weighted by Gasteiger charge is -2.10. The van der Waals surface area contributed by atoms with Gasteiger partial charge in [0.15, 0.2) is 0 Å². The second-order valence-corrected chi connectivity index (χ2v) is 5.67. The summed E-state index contributed by atoms with van der Waals surface area (Å²) in [5, 5.41) is 3.61. The molecule has 2 rings (SSSR count). The fraction of sp³-hybridized carbons (Fsp3) is 0.733. The number of hydrogen-bond donors (Lipinski definition) is 1. The Kier molecular flexibility index (Phi) is 4.66. The van der Waals surface area contributed by atoms with Crippen LogP contribution in [0.4, 0.5) is 0 Å². The topological polar surface area (TPSA) is 17.0 Å². The first-order valence-electron chi connectivity index (χ1n) is 7.13. The molecule has 1 aromatic heterocycles. The van der Waals surface area contributed by atoms with Crippen LogP contribution in [0.3, 0.4) is 0 Å². The lowest BCUT2D eigenvalue weighted by Crippen LogP contribution is -2.20. The second kappa shape index (κ2) is 6.25. The summed E-state index contributed by atoms with van der Waals surface area (Å²) >= 11 is 0. The molecule has 0 bridgehead atoms. The SMILES string of the molecule is CCCn1ccc(CNCC2CCC(C)C2)c1. The standard InChI is InChI=1S/C15H26N2/c1-3-7-17-8-6-15(12-17)11-16-10-14-5-4-13(2)9-14/h6,8,12-14,16H,3-5,7,9-11H2,1-2H3. The summed E-state index contributed by atoms with van der Waals surface area (Å²) in [4.78, 5) is 0.